The molecule has 2 fully saturated rings. The third kappa shape index (κ3) is 2.99. The Bertz CT molecular complexity index is 619. The minimum atomic E-state index is 0.429. The van der Waals surface area contributed by atoms with Gasteiger partial charge in [0.1, 0.15) is 5.75 Å². The van der Waals surface area contributed by atoms with Gasteiger partial charge in [0.15, 0.2) is 0 Å². The molecule has 0 amide bonds. The van der Waals surface area contributed by atoms with Gasteiger partial charge in [0.25, 0.3) is 0 Å². The Balaban J connectivity index is 1.37. The maximum Gasteiger partial charge on any atom is 0.120 e. The van der Waals surface area contributed by atoms with Crippen molar-refractivity contribution in [3.8, 4) is 5.75 Å². The molecule has 0 atom stereocenters. The smallest absolute Gasteiger partial charge is 0.120 e. The second kappa shape index (κ2) is 6.32. The maximum absolute atomic E-state index is 6.27. The van der Waals surface area contributed by atoms with Crippen LogP contribution in [0.2, 0.25) is 0 Å². The van der Waals surface area contributed by atoms with Gasteiger partial charge in [-0.3, -0.25) is 0 Å². The first kappa shape index (κ1) is 14.1. The van der Waals surface area contributed by atoms with E-state index in [1.165, 1.54) is 62.1 Å². The second-order valence-electron chi connectivity index (χ2n) is 7.21. The largest absolute Gasteiger partial charge is 0.490 e. The van der Waals surface area contributed by atoms with Crippen molar-refractivity contribution >= 4 is 10.8 Å². The second-order valence-corrected chi connectivity index (χ2v) is 7.21. The number of hydrogen-bond acceptors (Lipinski definition) is 1. The minimum Gasteiger partial charge on any atom is -0.490 e. The molecule has 2 aromatic carbocycles. The zero-order chi connectivity index (χ0) is 14.8. The van der Waals surface area contributed by atoms with E-state index in [1.54, 1.807) is 0 Å². The van der Waals surface area contributed by atoms with Crippen LogP contribution in [0.5, 0.6) is 5.75 Å². The van der Waals surface area contributed by atoms with Crippen molar-refractivity contribution in [1.29, 1.82) is 0 Å². The Labute approximate surface area is 133 Å². The molecule has 0 aliphatic heterocycles. The Morgan fingerprint density at radius 3 is 2.14 bits per heavy atom. The summed E-state index contributed by atoms with van der Waals surface area (Å²) in [5.41, 5.74) is 0. The van der Waals surface area contributed by atoms with E-state index in [1.807, 2.05) is 0 Å². The summed E-state index contributed by atoms with van der Waals surface area (Å²) in [6, 6.07) is 15.0. The lowest BCUT2D eigenvalue weighted by Gasteiger charge is -2.32. The topological polar surface area (TPSA) is 9.23 Å². The number of benzene rings is 2. The fourth-order valence-electron chi connectivity index (χ4n) is 4.54. The van der Waals surface area contributed by atoms with Crippen LogP contribution in [0.15, 0.2) is 42.5 Å². The van der Waals surface area contributed by atoms with E-state index in [4.69, 9.17) is 4.74 Å². The van der Waals surface area contributed by atoms with Crippen molar-refractivity contribution in [2.24, 2.45) is 11.8 Å². The van der Waals surface area contributed by atoms with E-state index in [2.05, 4.69) is 42.5 Å². The highest BCUT2D eigenvalue weighted by atomic mass is 16.5. The molecule has 0 N–H and O–H groups in total. The lowest BCUT2D eigenvalue weighted by atomic mass is 9.78. The summed E-state index contributed by atoms with van der Waals surface area (Å²) in [5, 5.41) is 2.57. The van der Waals surface area contributed by atoms with Gasteiger partial charge < -0.3 is 4.74 Å². The van der Waals surface area contributed by atoms with E-state index in [0.29, 0.717) is 6.10 Å². The fourth-order valence-corrected chi connectivity index (χ4v) is 4.54. The summed E-state index contributed by atoms with van der Waals surface area (Å²) in [6.07, 6.45) is 11.6. The average molecular weight is 294 g/mol. The Morgan fingerprint density at radius 1 is 0.682 bits per heavy atom. The van der Waals surface area contributed by atoms with Gasteiger partial charge in [0.2, 0.25) is 0 Å². The lowest BCUT2D eigenvalue weighted by Crippen LogP contribution is -2.27. The van der Waals surface area contributed by atoms with E-state index in [-0.39, 0.29) is 0 Å². The zero-order valence-corrected chi connectivity index (χ0v) is 13.3. The number of ether oxygens (including phenoxy) is 1. The predicted molar refractivity (Wildman–Crippen MR) is 92.3 cm³/mol. The molecule has 0 unspecified atom stereocenters. The van der Waals surface area contributed by atoms with Crippen molar-refractivity contribution in [3.05, 3.63) is 42.5 Å². The van der Waals surface area contributed by atoms with E-state index in [9.17, 15) is 0 Å². The Morgan fingerprint density at radius 2 is 1.36 bits per heavy atom. The van der Waals surface area contributed by atoms with Crippen molar-refractivity contribution in [2.75, 3.05) is 0 Å². The van der Waals surface area contributed by atoms with Gasteiger partial charge in [-0.25, -0.2) is 0 Å². The highest BCUT2D eigenvalue weighted by molar-refractivity contribution is 5.83. The van der Waals surface area contributed by atoms with Crippen molar-refractivity contribution in [3.63, 3.8) is 0 Å². The van der Waals surface area contributed by atoms with Gasteiger partial charge in [-0.15, -0.1) is 0 Å². The molecule has 22 heavy (non-hydrogen) atoms. The molecule has 1 nitrogen and oxygen atoms in total. The van der Waals surface area contributed by atoms with Crippen LogP contribution in [0.25, 0.3) is 10.8 Å². The van der Waals surface area contributed by atoms with Crippen LogP contribution < -0.4 is 4.74 Å². The lowest BCUT2D eigenvalue weighted by molar-refractivity contribution is 0.111. The van der Waals surface area contributed by atoms with Gasteiger partial charge in [0.05, 0.1) is 6.10 Å². The predicted octanol–water partition coefficient (Wildman–Crippen LogP) is 5.97. The third-order valence-corrected chi connectivity index (χ3v) is 5.81. The molecule has 2 saturated carbocycles. The standard InChI is InChI=1S/C21H26O/c1-2-6-16(5-1)18-9-12-20(13-10-18)22-21-14-11-17-7-3-4-8-19(17)15-21/h3-4,7-8,11,14-16,18,20H,1-2,5-6,9-10,12-13H2. The summed E-state index contributed by atoms with van der Waals surface area (Å²) in [6.45, 7) is 0. The SMILES string of the molecule is c1ccc2cc(OC3CCC(C4CCCC4)CC3)ccc2c1. The van der Waals surface area contributed by atoms with E-state index >= 15 is 0 Å². The molecule has 4 rings (SSSR count). The molecule has 2 aliphatic carbocycles. The first-order valence-corrected chi connectivity index (χ1v) is 9.04. The summed E-state index contributed by atoms with van der Waals surface area (Å²) in [5.74, 6) is 3.06. The molecule has 0 saturated heterocycles. The Hall–Kier alpha value is -1.50. The molecule has 2 aromatic rings. The molecule has 2 aliphatic rings. The van der Waals surface area contributed by atoms with E-state index < -0.39 is 0 Å². The molecule has 0 radical (unpaired) electrons. The number of fused-ring (bicyclic) bond motifs is 1. The quantitative estimate of drug-likeness (QED) is 0.678. The molecular weight excluding hydrogens is 268 g/mol. The monoisotopic (exact) mass is 294 g/mol. The average Bonchev–Trinajstić information content (AvgIpc) is 3.10. The van der Waals surface area contributed by atoms with Crippen LogP contribution in [-0.4, -0.2) is 6.10 Å². The van der Waals surface area contributed by atoms with Crippen molar-refractivity contribution in [1.82, 2.24) is 0 Å². The molecule has 0 bridgehead atoms. The van der Waals surface area contributed by atoms with Crippen LogP contribution in [-0.2, 0) is 0 Å². The number of hydrogen-bond donors (Lipinski definition) is 0. The zero-order valence-electron chi connectivity index (χ0n) is 13.3. The molecule has 0 aromatic heterocycles. The molecule has 1 heteroatoms. The molecule has 116 valence electrons. The summed E-state index contributed by atoms with van der Waals surface area (Å²) < 4.78 is 6.27. The maximum atomic E-state index is 6.27. The highest BCUT2D eigenvalue weighted by Gasteiger charge is 2.30. The van der Waals surface area contributed by atoms with Crippen molar-refractivity contribution < 1.29 is 4.74 Å². The normalized spacial score (nSPS) is 26.4. The number of rotatable bonds is 3. The third-order valence-electron chi connectivity index (χ3n) is 5.81. The van der Waals surface area contributed by atoms with Gasteiger partial charge in [-0.1, -0.05) is 56.0 Å². The summed E-state index contributed by atoms with van der Waals surface area (Å²) in [7, 11) is 0. The molecular formula is C21H26O. The Kier molecular flexibility index (Phi) is 4.05. The van der Waals surface area contributed by atoms with Crippen molar-refractivity contribution in [2.45, 2.75) is 57.5 Å². The van der Waals surface area contributed by atoms with Gasteiger partial charge in [-0.05, 0) is 60.4 Å². The van der Waals surface area contributed by atoms with Gasteiger partial charge in [-0.2, -0.15) is 0 Å². The van der Waals surface area contributed by atoms with Crippen LogP contribution >= 0.6 is 0 Å². The fraction of sp³-hybridized carbons (Fsp3) is 0.524. The van der Waals surface area contributed by atoms with Crippen LogP contribution in [0.1, 0.15) is 51.4 Å². The molecule has 0 spiro atoms. The first-order valence-electron chi connectivity index (χ1n) is 9.04. The van der Waals surface area contributed by atoms with E-state index in [0.717, 1.165) is 17.6 Å². The molecule has 0 heterocycles. The van der Waals surface area contributed by atoms with Crippen LogP contribution in [0.4, 0.5) is 0 Å². The van der Waals surface area contributed by atoms with Gasteiger partial charge >= 0.3 is 0 Å². The summed E-state index contributed by atoms with van der Waals surface area (Å²) >= 11 is 0. The summed E-state index contributed by atoms with van der Waals surface area (Å²) in [4.78, 5) is 0. The van der Waals surface area contributed by atoms with Gasteiger partial charge in [0, 0.05) is 0 Å². The van der Waals surface area contributed by atoms with Crippen LogP contribution in [0.3, 0.4) is 0 Å². The van der Waals surface area contributed by atoms with Crippen LogP contribution in [0, 0.1) is 11.8 Å². The minimum absolute atomic E-state index is 0.429. The first-order chi connectivity index (χ1) is 10.9. The highest BCUT2D eigenvalue weighted by Crippen LogP contribution is 2.40.